The Hall–Kier alpha value is -3.69. The van der Waals surface area contributed by atoms with E-state index in [9.17, 15) is 22.8 Å². The van der Waals surface area contributed by atoms with Crippen molar-refractivity contribution in [1.29, 1.82) is 0 Å². The van der Waals surface area contributed by atoms with Gasteiger partial charge in [-0.3, -0.25) is 9.59 Å². The van der Waals surface area contributed by atoms with E-state index in [4.69, 9.17) is 9.52 Å². The molecule has 0 unspecified atom stereocenters. The van der Waals surface area contributed by atoms with Gasteiger partial charge >= 0.3 is 18.0 Å². The van der Waals surface area contributed by atoms with Gasteiger partial charge in [0, 0.05) is 29.7 Å². The fraction of sp³-hybridized carbons (Fsp3) is 0.333. The zero-order valence-corrected chi connectivity index (χ0v) is 18.6. The lowest BCUT2D eigenvalue weighted by Gasteiger charge is -2.24. The van der Waals surface area contributed by atoms with Crippen LogP contribution in [0.5, 0.6) is 0 Å². The van der Waals surface area contributed by atoms with Gasteiger partial charge < -0.3 is 14.8 Å². The number of carbonyl (C=O) groups is 2. The first-order valence-electron chi connectivity index (χ1n) is 10.7. The van der Waals surface area contributed by atoms with Gasteiger partial charge in [0.25, 0.3) is 0 Å². The molecule has 1 atom stereocenters. The van der Waals surface area contributed by atoms with Gasteiger partial charge in [-0.15, -0.1) is 10.2 Å². The third-order valence-corrected chi connectivity index (χ3v) is 5.17. The fourth-order valence-corrected chi connectivity index (χ4v) is 3.40. The van der Waals surface area contributed by atoms with Gasteiger partial charge in [-0.05, 0) is 54.3 Å². The molecule has 0 aliphatic rings. The smallest absolute Gasteiger partial charge is 0.470 e. The number of nitrogens with one attached hydrogen (secondary N) is 1. The van der Waals surface area contributed by atoms with Crippen molar-refractivity contribution in [3.05, 3.63) is 65.5 Å². The molecule has 0 saturated heterocycles. The Kier molecular flexibility index (Phi) is 7.70. The van der Waals surface area contributed by atoms with Gasteiger partial charge in [0.1, 0.15) is 0 Å². The Labute approximate surface area is 194 Å². The summed E-state index contributed by atoms with van der Waals surface area (Å²) in [6.45, 7) is 4.05. The first kappa shape index (κ1) is 24.9. The minimum Gasteiger partial charge on any atom is -0.481 e. The van der Waals surface area contributed by atoms with Crippen molar-refractivity contribution >= 4 is 17.4 Å². The number of ketones is 1. The largest absolute Gasteiger partial charge is 0.481 e. The SMILES string of the molecule is CC(C)[C@H](Nc1ccc(C(=O)CCCC(=O)O)cc1)c1ccc(-c2nnc(C(F)(F)F)o2)cc1. The van der Waals surface area contributed by atoms with Gasteiger partial charge in [-0.25, -0.2) is 0 Å². The predicted molar refractivity (Wildman–Crippen MR) is 118 cm³/mol. The molecule has 10 heteroatoms. The van der Waals surface area contributed by atoms with Crippen LogP contribution >= 0.6 is 0 Å². The number of hydrogen-bond acceptors (Lipinski definition) is 6. The summed E-state index contributed by atoms with van der Waals surface area (Å²) >= 11 is 0. The molecule has 0 aliphatic heterocycles. The highest BCUT2D eigenvalue weighted by molar-refractivity contribution is 5.96. The highest BCUT2D eigenvalue weighted by Gasteiger charge is 2.38. The second-order valence-electron chi connectivity index (χ2n) is 8.15. The molecule has 1 aromatic heterocycles. The van der Waals surface area contributed by atoms with Crippen molar-refractivity contribution in [2.45, 2.75) is 45.3 Å². The van der Waals surface area contributed by atoms with Crippen LogP contribution in [0.25, 0.3) is 11.5 Å². The number of carbonyl (C=O) groups excluding carboxylic acids is 1. The molecular weight excluding hydrogens is 451 g/mol. The van der Waals surface area contributed by atoms with Crippen molar-refractivity contribution in [2.75, 3.05) is 5.32 Å². The van der Waals surface area contributed by atoms with Gasteiger partial charge in [-0.2, -0.15) is 13.2 Å². The Bertz CT molecular complexity index is 1120. The van der Waals surface area contributed by atoms with E-state index in [0.29, 0.717) is 17.5 Å². The van der Waals surface area contributed by atoms with Gasteiger partial charge in [-0.1, -0.05) is 26.0 Å². The van der Waals surface area contributed by atoms with Crippen molar-refractivity contribution in [3.8, 4) is 11.5 Å². The molecule has 0 amide bonds. The summed E-state index contributed by atoms with van der Waals surface area (Å²) in [5, 5.41) is 18.6. The number of hydrogen-bond donors (Lipinski definition) is 2. The number of nitrogens with zero attached hydrogens (tertiary/aromatic N) is 2. The normalized spacial score (nSPS) is 12.5. The molecule has 7 nitrogen and oxygen atoms in total. The first-order chi connectivity index (χ1) is 16.0. The highest BCUT2D eigenvalue weighted by atomic mass is 19.4. The first-order valence-corrected chi connectivity index (χ1v) is 10.7. The highest BCUT2D eigenvalue weighted by Crippen LogP contribution is 2.32. The van der Waals surface area contributed by atoms with Gasteiger partial charge in [0.05, 0.1) is 6.04 Å². The van der Waals surface area contributed by atoms with E-state index in [1.165, 1.54) is 0 Å². The Morgan fingerprint density at radius 3 is 2.18 bits per heavy atom. The number of aromatic nitrogens is 2. The van der Waals surface area contributed by atoms with E-state index in [0.717, 1.165) is 11.3 Å². The number of alkyl halides is 3. The van der Waals surface area contributed by atoms with E-state index < -0.39 is 18.0 Å². The van der Waals surface area contributed by atoms with Gasteiger partial charge in [0.2, 0.25) is 5.89 Å². The summed E-state index contributed by atoms with van der Waals surface area (Å²) in [5.41, 5.74) is 2.58. The molecule has 0 saturated carbocycles. The van der Waals surface area contributed by atoms with Crippen molar-refractivity contribution < 1.29 is 32.3 Å². The maximum absolute atomic E-state index is 12.7. The lowest BCUT2D eigenvalue weighted by atomic mass is 9.94. The minimum atomic E-state index is -4.70. The van der Waals surface area contributed by atoms with E-state index >= 15 is 0 Å². The zero-order chi connectivity index (χ0) is 24.9. The third-order valence-electron chi connectivity index (χ3n) is 5.17. The molecule has 0 spiro atoms. The van der Waals surface area contributed by atoms with Crippen LogP contribution in [0.1, 0.15) is 61.0 Å². The van der Waals surface area contributed by atoms with Crippen LogP contribution < -0.4 is 5.32 Å². The van der Waals surface area contributed by atoms with Crippen molar-refractivity contribution in [1.82, 2.24) is 10.2 Å². The number of halogens is 3. The lowest BCUT2D eigenvalue weighted by Crippen LogP contribution is -2.16. The standard InChI is InChI=1S/C24H24F3N3O4/c1-14(2)21(28-18-12-10-15(11-13-18)19(31)4-3-5-20(32)33)16-6-8-17(9-7-16)22-29-30-23(34-22)24(25,26)27/h6-14,21,28H,3-5H2,1-2H3,(H,32,33)/t21-/m0/s1. The van der Waals surface area contributed by atoms with Crippen LogP contribution in [0, 0.1) is 5.92 Å². The van der Waals surface area contributed by atoms with Gasteiger partial charge in [0.15, 0.2) is 5.78 Å². The molecule has 0 aliphatic carbocycles. The summed E-state index contributed by atoms with van der Waals surface area (Å²) < 4.78 is 42.8. The van der Waals surface area contributed by atoms with E-state index in [1.807, 2.05) is 13.8 Å². The van der Waals surface area contributed by atoms with Crippen LogP contribution in [-0.4, -0.2) is 27.1 Å². The number of carboxylic acid groups (broad SMARTS) is 1. The summed E-state index contributed by atoms with van der Waals surface area (Å²) in [6, 6.07) is 13.7. The molecule has 2 aromatic carbocycles. The second kappa shape index (κ2) is 10.5. The molecular formula is C24H24F3N3O4. The molecule has 0 bridgehead atoms. The number of aliphatic carboxylic acids is 1. The Balaban J connectivity index is 1.69. The van der Waals surface area contributed by atoms with E-state index in [1.54, 1.807) is 48.5 Å². The average molecular weight is 475 g/mol. The molecule has 2 N–H and O–H groups in total. The summed E-state index contributed by atoms with van der Waals surface area (Å²) in [6.07, 6.45) is -4.28. The number of rotatable bonds is 10. The number of carboxylic acids is 1. The van der Waals surface area contributed by atoms with Crippen LogP contribution in [-0.2, 0) is 11.0 Å². The van der Waals surface area contributed by atoms with E-state index in [-0.39, 0.29) is 36.5 Å². The molecule has 34 heavy (non-hydrogen) atoms. The van der Waals surface area contributed by atoms with Crippen molar-refractivity contribution in [3.63, 3.8) is 0 Å². The minimum absolute atomic E-state index is 0.0454. The molecule has 0 fully saturated rings. The lowest BCUT2D eigenvalue weighted by molar-refractivity contribution is -0.157. The molecule has 0 radical (unpaired) electrons. The quantitative estimate of drug-likeness (QED) is 0.346. The molecule has 180 valence electrons. The molecule has 3 aromatic rings. The van der Waals surface area contributed by atoms with Crippen molar-refractivity contribution in [2.24, 2.45) is 5.92 Å². The molecule has 3 rings (SSSR count). The topological polar surface area (TPSA) is 105 Å². The van der Waals surface area contributed by atoms with Crippen LogP contribution in [0.4, 0.5) is 18.9 Å². The third kappa shape index (κ3) is 6.43. The Morgan fingerprint density at radius 2 is 1.65 bits per heavy atom. The van der Waals surface area contributed by atoms with Crippen LogP contribution in [0.2, 0.25) is 0 Å². The summed E-state index contributed by atoms with van der Waals surface area (Å²) in [4.78, 5) is 22.8. The predicted octanol–water partition coefficient (Wildman–Crippen LogP) is 6.00. The number of benzene rings is 2. The fourth-order valence-electron chi connectivity index (χ4n) is 3.40. The monoisotopic (exact) mass is 475 g/mol. The van der Waals surface area contributed by atoms with E-state index in [2.05, 4.69) is 15.5 Å². The number of anilines is 1. The summed E-state index contributed by atoms with van der Waals surface area (Å²) in [5.74, 6) is -2.47. The zero-order valence-electron chi connectivity index (χ0n) is 18.6. The summed E-state index contributed by atoms with van der Waals surface area (Å²) in [7, 11) is 0. The maximum Gasteiger partial charge on any atom is 0.470 e. The molecule has 1 heterocycles. The maximum atomic E-state index is 12.7. The van der Waals surface area contributed by atoms with Crippen LogP contribution in [0.15, 0.2) is 52.9 Å². The number of Topliss-reactive ketones (excluding diaryl/α,β-unsaturated/α-hetero) is 1. The average Bonchev–Trinajstić information content (AvgIpc) is 3.28. The van der Waals surface area contributed by atoms with Crippen LogP contribution in [0.3, 0.4) is 0 Å². The Morgan fingerprint density at radius 1 is 1.00 bits per heavy atom. The second-order valence-corrected chi connectivity index (χ2v) is 8.15.